The Kier molecular flexibility index (Phi) is 5.22. The van der Waals surface area contributed by atoms with Crippen molar-refractivity contribution in [3.05, 3.63) is 59.7 Å². The van der Waals surface area contributed by atoms with Crippen molar-refractivity contribution in [2.24, 2.45) is 0 Å². The zero-order valence-electron chi connectivity index (χ0n) is 14.3. The number of amides is 1. The zero-order valence-corrected chi connectivity index (χ0v) is 14.3. The molecule has 26 heavy (non-hydrogen) atoms. The van der Waals surface area contributed by atoms with Gasteiger partial charge in [0.1, 0.15) is 0 Å². The number of carbonyl (C=O) groups excluding carboxylic acids is 2. The van der Waals surface area contributed by atoms with Crippen LogP contribution in [0.2, 0.25) is 0 Å². The summed E-state index contributed by atoms with van der Waals surface area (Å²) in [5, 5.41) is 9.55. The molecule has 1 heterocycles. The number of rotatable bonds is 5. The van der Waals surface area contributed by atoms with Crippen LogP contribution in [0.4, 0.5) is 5.69 Å². The number of carbonyl (C=O) groups is 2. The van der Waals surface area contributed by atoms with Gasteiger partial charge in [-0.25, -0.2) is 4.79 Å². The van der Waals surface area contributed by atoms with Crippen molar-refractivity contribution in [3.63, 3.8) is 0 Å². The third kappa shape index (κ3) is 3.85. The highest BCUT2D eigenvalue weighted by atomic mass is 16.5. The first-order valence-corrected chi connectivity index (χ1v) is 8.18. The van der Waals surface area contributed by atoms with Crippen molar-refractivity contribution in [1.29, 1.82) is 0 Å². The van der Waals surface area contributed by atoms with Crippen LogP contribution in [0.5, 0.6) is 11.5 Å². The molecule has 0 radical (unpaired) electrons. The highest BCUT2D eigenvalue weighted by Crippen LogP contribution is 2.28. The second-order valence-electron chi connectivity index (χ2n) is 5.80. The minimum atomic E-state index is -0.613. The Hall–Kier alpha value is -3.28. The molecule has 0 bridgehead atoms. The Labute approximate surface area is 151 Å². The molecule has 0 spiro atoms. The van der Waals surface area contributed by atoms with Gasteiger partial charge in [-0.3, -0.25) is 4.79 Å². The molecule has 3 rings (SSSR count). The lowest BCUT2D eigenvalue weighted by molar-refractivity contribution is -0.142. The van der Waals surface area contributed by atoms with E-state index < -0.39 is 5.97 Å². The van der Waals surface area contributed by atoms with Crippen molar-refractivity contribution in [3.8, 4) is 11.5 Å². The second-order valence-corrected chi connectivity index (χ2v) is 5.80. The predicted molar refractivity (Wildman–Crippen MR) is 97.2 cm³/mol. The molecule has 134 valence electrons. The summed E-state index contributed by atoms with van der Waals surface area (Å²) in [4.78, 5) is 25.8. The molecule has 0 aliphatic carbocycles. The minimum absolute atomic E-state index is 0.0173. The molecule has 1 amide bonds. The average Bonchev–Trinajstić information content (AvgIpc) is 3.09. The van der Waals surface area contributed by atoms with Crippen molar-refractivity contribution in [2.75, 3.05) is 25.2 Å². The van der Waals surface area contributed by atoms with E-state index in [-0.39, 0.29) is 18.3 Å². The number of para-hydroxylation sites is 1. The molecule has 1 aliphatic rings. The monoisotopic (exact) mass is 353 g/mol. The van der Waals surface area contributed by atoms with Gasteiger partial charge < -0.3 is 19.5 Å². The summed E-state index contributed by atoms with van der Waals surface area (Å²) >= 11 is 0. The molecular weight excluding hydrogens is 334 g/mol. The summed E-state index contributed by atoms with van der Waals surface area (Å²) in [6.45, 7) is 0.287. The maximum absolute atomic E-state index is 12.3. The molecular formula is C20H19NO5. The number of phenols is 1. The van der Waals surface area contributed by atoms with E-state index in [4.69, 9.17) is 9.47 Å². The molecule has 0 atom stereocenters. The van der Waals surface area contributed by atoms with Gasteiger partial charge in [-0.15, -0.1) is 0 Å². The quantitative estimate of drug-likeness (QED) is 0.660. The normalized spacial score (nSPS) is 12.9. The molecule has 0 unspecified atom stereocenters. The largest absolute Gasteiger partial charge is 0.504 e. The van der Waals surface area contributed by atoms with E-state index >= 15 is 0 Å². The fraction of sp³-hybridized carbons (Fsp3) is 0.200. The number of methoxy groups -OCH3 is 1. The third-order valence-corrected chi connectivity index (χ3v) is 4.14. The highest BCUT2D eigenvalue weighted by Gasteiger charge is 2.24. The summed E-state index contributed by atoms with van der Waals surface area (Å²) in [5.74, 6) is -0.534. The lowest BCUT2D eigenvalue weighted by Gasteiger charge is -2.16. The molecule has 0 saturated heterocycles. The highest BCUT2D eigenvalue weighted by molar-refractivity contribution is 5.98. The Morgan fingerprint density at radius 3 is 2.85 bits per heavy atom. The molecule has 0 saturated carbocycles. The van der Waals surface area contributed by atoms with Crippen molar-refractivity contribution >= 4 is 23.6 Å². The lowest BCUT2D eigenvalue weighted by atomic mass is 10.2. The van der Waals surface area contributed by atoms with Gasteiger partial charge in [0.05, 0.1) is 7.11 Å². The third-order valence-electron chi connectivity index (χ3n) is 4.14. The van der Waals surface area contributed by atoms with E-state index in [2.05, 4.69) is 0 Å². The van der Waals surface area contributed by atoms with Crippen LogP contribution >= 0.6 is 0 Å². The molecule has 2 aromatic rings. The summed E-state index contributed by atoms with van der Waals surface area (Å²) in [6, 6.07) is 12.4. The molecule has 6 heteroatoms. The Balaban J connectivity index is 1.55. The van der Waals surface area contributed by atoms with E-state index in [0.29, 0.717) is 17.9 Å². The minimum Gasteiger partial charge on any atom is -0.504 e. The van der Waals surface area contributed by atoms with E-state index in [9.17, 15) is 14.7 Å². The van der Waals surface area contributed by atoms with Crippen LogP contribution in [0.15, 0.2) is 48.5 Å². The summed E-state index contributed by atoms with van der Waals surface area (Å²) in [5.41, 5.74) is 2.66. The number of nitrogens with zero attached hydrogens (tertiary/aromatic N) is 1. The molecule has 1 N–H and O–H groups in total. The lowest BCUT2D eigenvalue weighted by Crippen LogP contribution is -2.33. The topological polar surface area (TPSA) is 76.1 Å². The van der Waals surface area contributed by atoms with Gasteiger partial charge in [0.15, 0.2) is 18.1 Å². The molecule has 1 aliphatic heterocycles. The zero-order chi connectivity index (χ0) is 18.5. The van der Waals surface area contributed by atoms with E-state index in [1.165, 1.54) is 25.3 Å². The van der Waals surface area contributed by atoms with Crippen molar-refractivity contribution in [2.45, 2.75) is 6.42 Å². The van der Waals surface area contributed by atoms with Gasteiger partial charge >= 0.3 is 5.97 Å². The Morgan fingerprint density at radius 2 is 2.04 bits per heavy atom. The second kappa shape index (κ2) is 7.74. The van der Waals surface area contributed by atoms with Gasteiger partial charge in [0.25, 0.3) is 5.91 Å². The smallest absolute Gasteiger partial charge is 0.331 e. The van der Waals surface area contributed by atoms with Crippen molar-refractivity contribution < 1.29 is 24.2 Å². The number of esters is 1. The van der Waals surface area contributed by atoms with Gasteiger partial charge in [-0.05, 0) is 41.8 Å². The van der Waals surface area contributed by atoms with E-state index in [0.717, 1.165) is 17.7 Å². The molecule has 0 fully saturated rings. The first-order chi connectivity index (χ1) is 12.6. The average molecular weight is 353 g/mol. The predicted octanol–water partition coefficient (Wildman–Crippen LogP) is 2.55. The fourth-order valence-corrected chi connectivity index (χ4v) is 2.82. The van der Waals surface area contributed by atoms with Crippen LogP contribution in [0.25, 0.3) is 6.08 Å². The Morgan fingerprint density at radius 1 is 1.23 bits per heavy atom. The van der Waals surface area contributed by atoms with Gasteiger partial charge in [0, 0.05) is 18.3 Å². The number of anilines is 1. The maximum Gasteiger partial charge on any atom is 0.331 e. The summed E-state index contributed by atoms with van der Waals surface area (Å²) in [6.07, 6.45) is 3.56. The molecule has 0 aromatic heterocycles. The summed E-state index contributed by atoms with van der Waals surface area (Å²) in [7, 11) is 1.44. The van der Waals surface area contributed by atoms with E-state index in [1.807, 2.05) is 24.3 Å². The number of ether oxygens (including phenoxy) is 2. The van der Waals surface area contributed by atoms with Crippen molar-refractivity contribution in [1.82, 2.24) is 0 Å². The van der Waals surface area contributed by atoms with Gasteiger partial charge in [0.2, 0.25) is 0 Å². The van der Waals surface area contributed by atoms with Gasteiger partial charge in [-0.1, -0.05) is 24.3 Å². The van der Waals surface area contributed by atoms with Crippen LogP contribution < -0.4 is 9.64 Å². The van der Waals surface area contributed by atoms with Crippen LogP contribution in [0, 0.1) is 0 Å². The van der Waals surface area contributed by atoms with Crippen LogP contribution in [-0.4, -0.2) is 37.2 Å². The summed E-state index contributed by atoms with van der Waals surface area (Å²) < 4.78 is 10.0. The SMILES string of the molecule is COc1cc(C=CC(=O)OCC(=O)N2CCc3ccccc32)ccc1O. The number of fused-ring (bicyclic) bond motifs is 1. The first kappa shape index (κ1) is 17.5. The first-order valence-electron chi connectivity index (χ1n) is 8.18. The Bertz CT molecular complexity index is 859. The molecule has 2 aromatic carbocycles. The van der Waals surface area contributed by atoms with Crippen LogP contribution in [-0.2, 0) is 20.7 Å². The molecule has 6 nitrogen and oxygen atoms in total. The number of benzene rings is 2. The number of phenolic OH excluding ortho intramolecular Hbond substituents is 1. The van der Waals surface area contributed by atoms with Gasteiger partial charge in [-0.2, -0.15) is 0 Å². The van der Waals surface area contributed by atoms with E-state index in [1.54, 1.807) is 17.0 Å². The number of hydrogen-bond donors (Lipinski definition) is 1. The number of aromatic hydroxyl groups is 1. The maximum atomic E-state index is 12.3. The van der Waals surface area contributed by atoms with Crippen LogP contribution in [0.3, 0.4) is 0 Å². The van der Waals surface area contributed by atoms with Crippen LogP contribution in [0.1, 0.15) is 11.1 Å². The standard InChI is InChI=1S/C20H19NO5/c1-25-18-12-14(6-8-17(18)22)7-9-20(24)26-13-19(23)21-11-10-15-4-2-3-5-16(15)21/h2-9,12,22H,10-11,13H2,1H3. The number of hydrogen-bond acceptors (Lipinski definition) is 5. The fourth-order valence-electron chi connectivity index (χ4n) is 2.82.